The van der Waals surface area contributed by atoms with Gasteiger partial charge in [-0.05, 0) is 61.0 Å². The molecule has 4 aliphatic carbocycles. The van der Waals surface area contributed by atoms with Gasteiger partial charge in [0.1, 0.15) is 5.60 Å². The Kier molecular flexibility index (Phi) is 3.28. The Bertz CT molecular complexity index is 751. The van der Waals surface area contributed by atoms with E-state index in [0.29, 0.717) is 25.2 Å². The van der Waals surface area contributed by atoms with Crippen molar-refractivity contribution in [2.24, 2.45) is 28.6 Å². The molecule has 26 heavy (non-hydrogen) atoms. The third-order valence-electron chi connectivity index (χ3n) is 8.79. The van der Waals surface area contributed by atoms with Crippen molar-refractivity contribution >= 4 is 11.8 Å². The van der Waals surface area contributed by atoms with Crippen molar-refractivity contribution in [3.8, 4) is 0 Å². The van der Waals surface area contributed by atoms with Gasteiger partial charge in [0.25, 0.3) is 0 Å². The van der Waals surface area contributed by atoms with Gasteiger partial charge in [-0.1, -0.05) is 26.0 Å². The van der Waals surface area contributed by atoms with Crippen molar-refractivity contribution in [1.29, 1.82) is 0 Å². The van der Waals surface area contributed by atoms with Gasteiger partial charge in [-0.15, -0.1) is 0 Å². The van der Waals surface area contributed by atoms with E-state index in [1.165, 1.54) is 0 Å². The molecular formula is C22H28O4. The summed E-state index contributed by atoms with van der Waals surface area (Å²) >= 11 is 0. The second kappa shape index (κ2) is 5.09. The van der Waals surface area contributed by atoms with Crippen molar-refractivity contribution < 1.29 is 19.4 Å². The van der Waals surface area contributed by atoms with E-state index in [9.17, 15) is 14.7 Å². The Balaban J connectivity index is 1.58. The zero-order valence-corrected chi connectivity index (χ0v) is 15.7. The van der Waals surface area contributed by atoms with E-state index >= 15 is 0 Å². The fraction of sp³-hybridized carbons (Fsp3) is 0.727. The number of carbonyl (C=O) groups is 2. The highest BCUT2D eigenvalue weighted by molar-refractivity contribution is 5.92. The molecule has 5 aliphatic rings. The van der Waals surface area contributed by atoms with Gasteiger partial charge in [0, 0.05) is 24.2 Å². The normalized spacial score (nSPS) is 52.3. The quantitative estimate of drug-likeness (QED) is 0.676. The number of hydrogen-bond acceptors (Lipinski definition) is 4. The Morgan fingerprint density at radius 2 is 1.96 bits per heavy atom. The highest BCUT2D eigenvalue weighted by atomic mass is 16.6. The number of hydrogen-bond donors (Lipinski definition) is 1. The molecule has 140 valence electrons. The van der Waals surface area contributed by atoms with Crippen LogP contribution in [0, 0.1) is 28.6 Å². The van der Waals surface area contributed by atoms with Gasteiger partial charge in [-0.25, -0.2) is 0 Å². The van der Waals surface area contributed by atoms with Crippen LogP contribution in [-0.2, 0) is 14.3 Å². The number of esters is 1. The van der Waals surface area contributed by atoms with E-state index in [4.69, 9.17) is 4.74 Å². The van der Waals surface area contributed by atoms with Crippen LogP contribution in [0.5, 0.6) is 0 Å². The minimum atomic E-state index is -0.429. The van der Waals surface area contributed by atoms with Gasteiger partial charge < -0.3 is 9.84 Å². The molecule has 0 aromatic rings. The van der Waals surface area contributed by atoms with Gasteiger partial charge in [-0.3, -0.25) is 9.59 Å². The molecule has 1 N–H and O–H groups in total. The van der Waals surface area contributed by atoms with Crippen LogP contribution in [-0.4, -0.2) is 28.6 Å². The Morgan fingerprint density at radius 3 is 2.69 bits per heavy atom. The number of rotatable bonds is 0. The van der Waals surface area contributed by atoms with Crippen molar-refractivity contribution in [3.05, 3.63) is 23.8 Å². The summed E-state index contributed by atoms with van der Waals surface area (Å²) in [5, 5.41) is 11.3. The van der Waals surface area contributed by atoms with Gasteiger partial charge in [-0.2, -0.15) is 0 Å². The monoisotopic (exact) mass is 356 g/mol. The maximum atomic E-state index is 11.9. The number of aliphatic hydroxyl groups is 1. The van der Waals surface area contributed by atoms with Crippen molar-refractivity contribution in [2.75, 3.05) is 0 Å². The fourth-order valence-corrected chi connectivity index (χ4v) is 7.41. The molecule has 3 fully saturated rings. The fourth-order valence-electron chi connectivity index (χ4n) is 7.41. The molecule has 0 bridgehead atoms. The molecule has 0 amide bonds. The summed E-state index contributed by atoms with van der Waals surface area (Å²) < 4.78 is 5.93. The molecule has 0 radical (unpaired) electrons. The minimum Gasteiger partial charge on any atom is -0.458 e. The predicted molar refractivity (Wildman–Crippen MR) is 96.1 cm³/mol. The molecule has 7 atom stereocenters. The van der Waals surface area contributed by atoms with Gasteiger partial charge in [0.2, 0.25) is 0 Å². The lowest BCUT2D eigenvalue weighted by atomic mass is 9.47. The Labute approximate surface area is 154 Å². The maximum Gasteiger partial charge on any atom is 0.306 e. The highest BCUT2D eigenvalue weighted by Gasteiger charge is 2.68. The molecule has 1 saturated heterocycles. The van der Waals surface area contributed by atoms with Crippen LogP contribution in [0.15, 0.2) is 23.8 Å². The lowest BCUT2D eigenvalue weighted by molar-refractivity contribution is -0.177. The van der Waals surface area contributed by atoms with Crippen molar-refractivity contribution in [3.63, 3.8) is 0 Å². The van der Waals surface area contributed by atoms with Crippen molar-refractivity contribution in [2.45, 2.75) is 70.5 Å². The van der Waals surface area contributed by atoms with Crippen molar-refractivity contribution in [1.82, 2.24) is 0 Å². The minimum absolute atomic E-state index is 0.0781. The van der Waals surface area contributed by atoms with E-state index in [0.717, 1.165) is 31.3 Å². The summed E-state index contributed by atoms with van der Waals surface area (Å²) in [6.07, 6.45) is 11.1. The Morgan fingerprint density at radius 1 is 1.15 bits per heavy atom. The average Bonchev–Trinajstić information content (AvgIpc) is 3.09. The first-order chi connectivity index (χ1) is 12.3. The first-order valence-electron chi connectivity index (χ1n) is 10.1. The first-order valence-corrected chi connectivity index (χ1v) is 10.1. The summed E-state index contributed by atoms with van der Waals surface area (Å²) in [7, 11) is 0. The van der Waals surface area contributed by atoms with Crippen LogP contribution in [0.4, 0.5) is 0 Å². The molecular weight excluding hydrogens is 328 g/mol. The number of carbonyl (C=O) groups excluding carboxylic acids is 2. The maximum absolute atomic E-state index is 11.9. The summed E-state index contributed by atoms with van der Waals surface area (Å²) in [4.78, 5) is 23.8. The number of ether oxygens (including phenoxy) is 1. The lowest BCUT2D eigenvalue weighted by Gasteiger charge is -2.58. The standard InChI is InChI=1S/C22H28O4/c1-20-8-5-14(23)11-13(20)3-4-15-16-6-9-22(10-7-18(25)26-22)21(16,2)12-17(24)19(15)20/h3-4,11,15-17,19,24H,5-10,12H2,1-2H3/t15-,16-,17+,19+,20-,21-,22-/m0/s1. The summed E-state index contributed by atoms with van der Waals surface area (Å²) in [5.74, 6) is 0.989. The third-order valence-corrected chi connectivity index (χ3v) is 8.79. The number of fused-ring (bicyclic) bond motifs is 6. The summed E-state index contributed by atoms with van der Waals surface area (Å²) in [6, 6.07) is 0. The molecule has 0 aromatic heterocycles. The number of aliphatic hydroxyl groups excluding tert-OH is 1. The van der Waals surface area contributed by atoms with Gasteiger partial charge in [0.15, 0.2) is 5.78 Å². The molecule has 4 nitrogen and oxygen atoms in total. The number of ketones is 1. The highest BCUT2D eigenvalue weighted by Crippen LogP contribution is 2.68. The lowest BCUT2D eigenvalue weighted by Crippen LogP contribution is -2.58. The topological polar surface area (TPSA) is 63.6 Å². The molecule has 0 unspecified atom stereocenters. The summed E-state index contributed by atoms with van der Waals surface area (Å²) in [5.41, 5.74) is 0.425. The van der Waals surface area contributed by atoms with Crippen LogP contribution < -0.4 is 0 Å². The molecule has 1 heterocycles. The van der Waals surface area contributed by atoms with Crippen LogP contribution in [0.25, 0.3) is 0 Å². The van der Waals surface area contributed by atoms with Crippen LogP contribution in [0.1, 0.15) is 58.8 Å². The molecule has 0 aromatic carbocycles. The van der Waals surface area contributed by atoms with E-state index < -0.39 is 6.10 Å². The van der Waals surface area contributed by atoms with Crippen LogP contribution in [0.3, 0.4) is 0 Å². The molecule has 1 aliphatic heterocycles. The van der Waals surface area contributed by atoms with Crippen LogP contribution in [0.2, 0.25) is 0 Å². The molecule has 4 heteroatoms. The SMILES string of the molecule is C[C@]12CCC(=O)C=C1C=C[C@@H]1[C@@H]2[C@H](O)C[C@@]2(C)[C@H]1CC[C@]21CCC(=O)O1. The third kappa shape index (κ3) is 1.89. The van der Waals surface area contributed by atoms with E-state index in [2.05, 4.69) is 26.0 Å². The van der Waals surface area contributed by atoms with Gasteiger partial charge in [0.05, 0.1) is 6.10 Å². The second-order valence-electron chi connectivity index (χ2n) is 9.75. The van der Waals surface area contributed by atoms with E-state index in [-0.39, 0.29) is 40.0 Å². The van der Waals surface area contributed by atoms with E-state index in [1.807, 2.05) is 0 Å². The molecule has 5 rings (SSSR count). The smallest absolute Gasteiger partial charge is 0.306 e. The Hall–Kier alpha value is -1.42. The molecule has 1 spiro atoms. The molecule has 2 saturated carbocycles. The number of allylic oxidation sites excluding steroid dienone is 4. The van der Waals surface area contributed by atoms with E-state index in [1.54, 1.807) is 6.08 Å². The first kappa shape index (κ1) is 16.7. The second-order valence-corrected chi connectivity index (χ2v) is 9.75. The summed E-state index contributed by atoms with van der Waals surface area (Å²) in [6.45, 7) is 4.48. The zero-order valence-electron chi connectivity index (χ0n) is 15.7. The average molecular weight is 356 g/mol. The predicted octanol–water partition coefficient (Wildman–Crippen LogP) is 3.34. The van der Waals surface area contributed by atoms with Crippen LogP contribution >= 0.6 is 0 Å². The zero-order chi connectivity index (χ0) is 18.3. The largest absolute Gasteiger partial charge is 0.458 e. The van der Waals surface area contributed by atoms with Gasteiger partial charge >= 0.3 is 5.97 Å².